The Bertz CT molecular complexity index is 1490. The van der Waals surface area contributed by atoms with Crippen molar-refractivity contribution in [2.45, 2.75) is 19.3 Å². The summed E-state index contributed by atoms with van der Waals surface area (Å²) in [6.07, 6.45) is 3.74. The minimum atomic E-state index is -0.207. The van der Waals surface area contributed by atoms with Gasteiger partial charge in [-0.1, -0.05) is 62.4 Å². The van der Waals surface area contributed by atoms with E-state index in [-0.39, 0.29) is 11.2 Å². The van der Waals surface area contributed by atoms with Gasteiger partial charge in [-0.15, -0.1) is 0 Å². The maximum Gasteiger partial charge on any atom is 0.230 e. The highest BCUT2D eigenvalue weighted by molar-refractivity contribution is 6.54. The van der Waals surface area contributed by atoms with E-state index >= 15 is 0 Å². The average Bonchev–Trinajstić information content (AvgIpc) is 3.28. The molecule has 0 saturated carbocycles. The first-order chi connectivity index (χ1) is 15.5. The van der Waals surface area contributed by atoms with Crippen molar-refractivity contribution in [2.24, 2.45) is 4.99 Å². The first-order valence-electron chi connectivity index (χ1n) is 10.7. The van der Waals surface area contributed by atoms with E-state index in [1.807, 2.05) is 65.3 Å². The molecule has 1 aliphatic heterocycles. The van der Waals surface area contributed by atoms with Gasteiger partial charge in [0.2, 0.25) is 5.78 Å². The van der Waals surface area contributed by atoms with E-state index in [0.29, 0.717) is 17.1 Å². The number of nitrogens with zero attached hydrogens (tertiary/aromatic N) is 4. The van der Waals surface area contributed by atoms with Gasteiger partial charge in [0.15, 0.2) is 0 Å². The number of allylic oxidation sites excluding steroid dienone is 1. The van der Waals surface area contributed by atoms with Crippen molar-refractivity contribution in [1.82, 2.24) is 9.38 Å². The standard InChI is InChI=1S/C27H22N4O/c1-27(2)19-12-6-7-13-20(19)30(3)21(27)16-28-24-18-11-5-4-10-17(18)23-25(26(24)32)31-15-9-8-14-22(31)29-23/h4-16H,1-3H3/b21-16+,28-24?. The fourth-order valence-corrected chi connectivity index (χ4v) is 5.01. The Kier molecular flexibility index (Phi) is 3.81. The molecule has 1 aliphatic carbocycles. The zero-order chi connectivity index (χ0) is 22.0. The molecule has 0 bridgehead atoms. The number of likely N-dealkylation sites (N-methyl/N-ethyl adjacent to an activating group) is 1. The van der Waals surface area contributed by atoms with Crippen LogP contribution in [0.25, 0.3) is 16.9 Å². The molecule has 4 aromatic rings. The summed E-state index contributed by atoms with van der Waals surface area (Å²) in [7, 11) is 2.05. The van der Waals surface area contributed by atoms with Gasteiger partial charge in [-0.25, -0.2) is 4.98 Å². The zero-order valence-electron chi connectivity index (χ0n) is 18.2. The van der Waals surface area contributed by atoms with Crippen molar-refractivity contribution >= 4 is 22.8 Å². The monoisotopic (exact) mass is 418 g/mol. The molecule has 0 spiro atoms. The van der Waals surface area contributed by atoms with E-state index in [4.69, 9.17) is 9.98 Å². The van der Waals surface area contributed by atoms with Crippen LogP contribution in [0.1, 0.15) is 35.5 Å². The van der Waals surface area contributed by atoms with Crippen LogP contribution in [0.3, 0.4) is 0 Å². The fourth-order valence-electron chi connectivity index (χ4n) is 5.01. The number of hydrogen-bond donors (Lipinski definition) is 0. The molecular weight excluding hydrogens is 396 g/mol. The number of benzene rings is 2. The highest BCUT2D eigenvalue weighted by Crippen LogP contribution is 2.46. The lowest BCUT2D eigenvalue weighted by molar-refractivity contribution is 0.106. The summed E-state index contributed by atoms with van der Waals surface area (Å²) in [5.74, 6) is -0.106. The van der Waals surface area contributed by atoms with Gasteiger partial charge < -0.3 is 4.90 Å². The lowest BCUT2D eigenvalue weighted by atomic mass is 9.84. The number of para-hydroxylation sites is 1. The van der Waals surface area contributed by atoms with Crippen molar-refractivity contribution in [3.8, 4) is 11.3 Å². The SMILES string of the molecule is CN1/C(=C/N=C2C(=O)c3c(nc4ccccn34)-c3ccccc32)C(C)(C)c2ccccc21. The maximum absolute atomic E-state index is 13.7. The van der Waals surface area contributed by atoms with Gasteiger partial charge in [0, 0.05) is 47.4 Å². The highest BCUT2D eigenvalue weighted by atomic mass is 16.1. The minimum absolute atomic E-state index is 0.106. The molecule has 6 rings (SSSR count). The van der Waals surface area contributed by atoms with Gasteiger partial charge in [0.25, 0.3) is 0 Å². The molecule has 0 fully saturated rings. The van der Waals surface area contributed by atoms with E-state index in [1.54, 1.807) is 0 Å². The smallest absolute Gasteiger partial charge is 0.230 e. The Hall–Kier alpha value is -3.99. The predicted octanol–water partition coefficient (Wildman–Crippen LogP) is 5.26. The number of carbonyl (C=O) groups is 1. The van der Waals surface area contributed by atoms with E-state index < -0.39 is 0 Å². The third-order valence-corrected chi connectivity index (χ3v) is 6.65. The third kappa shape index (κ3) is 2.42. The number of ketones is 1. The number of aliphatic imine (C=N–C) groups is 1. The highest BCUT2D eigenvalue weighted by Gasteiger charge is 2.39. The Morgan fingerprint density at radius 1 is 0.938 bits per heavy atom. The molecule has 0 atom stereocenters. The van der Waals surface area contributed by atoms with Crippen molar-refractivity contribution in [3.63, 3.8) is 0 Å². The molecule has 2 aromatic heterocycles. The number of anilines is 1. The van der Waals surface area contributed by atoms with Crippen LogP contribution in [-0.4, -0.2) is 27.9 Å². The first-order valence-corrected chi connectivity index (χ1v) is 10.7. The van der Waals surface area contributed by atoms with Crippen LogP contribution in [0, 0.1) is 0 Å². The topological polar surface area (TPSA) is 50.0 Å². The molecule has 0 unspecified atom stereocenters. The predicted molar refractivity (Wildman–Crippen MR) is 127 cm³/mol. The van der Waals surface area contributed by atoms with Crippen LogP contribution in [0.15, 0.2) is 89.8 Å². The van der Waals surface area contributed by atoms with Crippen LogP contribution in [0.4, 0.5) is 5.69 Å². The Morgan fingerprint density at radius 3 is 2.47 bits per heavy atom. The second-order valence-electron chi connectivity index (χ2n) is 8.81. The molecule has 5 heteroatoms. The van der Waals surface area contributed by atoms with E-state index in [1.165, 1.54) is 11.3 Å². The molecule has 2 aliphatic rings. The summed E-state index contributed by atoms with van der Waals surface area (Å²) in [4.78, 5) is 25.4. The fraction of sp³-hybridized carbons (Fsp3) is 0.148. The van der Waals surface area contributed by atoms with E-state index in [0.717, 1.165) is 22.5 Å². The molecule has 0 radical (unpaired) electrons. The van der Waals surface area contributed by atoms with Gasteiger partial charge >= 0.3 is 0 Å². The molecular formula is C27H22N4O. The largest absolute Gasteiger partial charge is 0.346 e. The Labute approximate surface area is 186 Å². The molecule has 32 heavy (non-hydrogen) atoms. The average molecular weight is 419 g/mol. The van der Waals surface area contributed by atoms with Gasteiger partial charge in [0.05, 0.1) is 0 Å². The van der Waals surface area contributed by atoms with Gasteiger partial charge in [-0.3, -0.25) is 14.2 Å². The van der Waals surface area contributed by atoms with Crippen LogP contribution < -0.4 is 4.90 Å². The molecule has 5 nitrogen and oxygen atoms in total. The van der Waals surface area contributed by atoms with Crippen LogP contribution >= 0.6 is 0 Å². The van der Waals surface area contributed by atoms with Gasteiger partial charge in [-0.2, -0.15) is 0 Å². The van der Waals surface area contributed by atoms with E-state index in [2.05, 4.69) is 44.0 Å². The molecule has 0 amide bonds. The number of rotatable bonds is 1. The number of Topliss-reactive ketones (excluding diaryl/α,β-unsaturated/α-hetero) is 1. The molecule has 0 N–H and O–H groups in total. The second-order valence-corrected chi connectivity index (χ2v) is 8.81. The molecule has 2 aromatic carbocycles. The normalized spacial score (nSPS) is 18.8. The first kappa shape index (κ1) is 18.8. The summed E-state index contributed by atoms with van der Waals surface area (Å²) in [6.45, 7) is 4.39. The second kappa shape index (κ2) is 6.50. The Balaban J connectivity index is 1.55. The van der Waals surface area contributed by atoms with Crippen LogP contribution in [-0.2, 0) is 5.41 Å². The lowest BCUT2D eigenvalue weighted by Gasteiger charge is -2.23. The number of fused-ring (bicyclic) bond motifs is 6. The molecule has 3 heterocycles. The lowest BCUT2D eigenvalue weighted by Crippen LogP contribution is -2.25. The van der Waals surface area contributed by atoms with Crippen molar-refractivity contribution in [3.05, 3.63) is 102 Å². The van der Waals surface area contributed by atoms with Crippen molar-refractivity contribution in [2.75, 3.05) is 11.9 Å². The number of imidazole rings is 1. The zero-order valence-corrected chi connectivity index (χ0v) is 18.2. The Morgan fingerprint density at radius 2 is 1.66 bits per heavy atom. The van der Waals surface area contributed by atoms with Crippen molar-refractivity contribution in [1.29, 1.82) is 0 Å². The third-order valence-electron chi connectivity index (χ3n) is 6.65. The van der Waals surface area contributed by atoms with Crippen LogP contribution in [0.2, 0.25) is 0 Å². The number of pyridine rings is 1. The minimum Gasteiger partial charge on any atom is -0.346 e. The van der Waals surface area contributed by atoms with Gasteiger partial charge in [0.1, 0.15) is 22.7 Å². The summed E-state index contributed by atoms with van der Waals surface area (Å²) < 4.78 is 1.86. The molecule has 156 valence electrons. The van der Waals surface area contributed by atoms with Gasteiger partial charge in [-0.05, 0) is 23.8 Å². The summed E-state index contributed by atoms with van der Waals surface area (Å²) >= 11 is 0. The maximum atomic E-state index is 13.7. The summed E-state index contributed by atoms with van der Waals surface area (Å²) in [5, 5.41) is 0. The summed E-state index contributed by atoms with van der Waals surface area (Å²) in [6, 6.07) is 22.0. The number of hydrogen-bond acceptors (Lipinski definition) is 4. The van der Waals surface area contributed by atoms with E-state index in [9.17, 15) is 4.79 Å². The number of aromatic nitrogens is 2. The number of carbonyl (C=O) groups excluding carboxylic acids is 1. The molecule has 0 saturated heterocycles. The quantitative estimate of drug-likeness (QED) is 0.424. The van der Waals surface area contributed by atoms with Crippen molar-refractivity contribution < 1.29 is 4.79 Å². The van der Waals surface area contributed by atoms with Crippen LogP contribution in [0.5, 0.6) is 0 Å². The summed E-state index contributed by atoms with van der Waals surface area (Å²) in [5.41, 5.74) is 7.52.